The maximum Gasteiger partial charge on any atom is 0.231 e. The van der Waals surface area contributed by atoms with Gasteiger partial charge in [-0.1, -0.05) is 42.5 Å². The van der Waals surface area contributed by atoms with Crippen molar-refractivity contribution in [1.29, 1.82) is 0 Å². The Kier molecular flexibility index (Phi) is 6.59. The fraction of sp³-hybridized carbons (Fsp3) is 0.462. The molecule has 31 heavy (non-hydrogen) atoms. The Balaban J connectivity index is 1.47. The van der Waals surface area contributed by atoms with Gasteiger partial charge in [-0.3, -0.25) is 9.59 Å². The Morgan fingerprint density at radius 1 is 1.03 bits per heavy atom. The third-order valence-electron chi connectivity index (χ3n) is 6.44. The van der Waals surface area contributed by atoms with Gasteiger partial charge in [0.05, 0.1) is 5.41 Å². The molecule has 2 aromatic rings. The second-order valence-corrected chi connectivity index (χ2v) is 8.95. The van der Waals surface area contributed by atoms with Crippen molar-refractivity contribution < 1.29 is 14.3 Å². The van der Waals surface area contributed by atoms with Gasteiger partial charge < -0.3 is 14.5 Å². The number of fused-ring (bicyclic) bond motifs is 2. The first-order chi connectivity index (χ1) is 15.1. The zero-order valence-electron chi connectivity index (χ0n) is 18.4. The average molecular weight is 421 g/mol. The number of rotatable bonds is 3. The van der Waals surface area contributed by atoms with E-state index in [0.29, 0.717) is 26.1 Å². The molecule has 2 amide bonds. The van der Waals surface area contributed by atoms with Gasteiger partial charge in [-0.15, -0.1) is 0 Å². The van der Waals surface area contributed by atoms with Crippen LogP contribution in [0, 0.1) is 5.41 Å². The van der Waals surface area contributed by atoms with E-state index in [2.05, 4.69) is 12.1 Å². The van der Waals surface area contributed by atoms with Crippen molar-refractivity contribution in [2.24, 2.45) is 5.41 Å². The van der Waals surface area contributed by atoms with E-state index in [9.17, 15) is 9.59 Å². The topological polar surface area (TPSA) is 49.9 Å². The van der Waals surface area contributed by atoms with Crippen LogP contribution in [0.1, 0.15) is 43.2 Å². The first kappa shape index (κ1) is 21.4. The van der Waals surface area contributed by atoms with Crippen LogP contribution >= 0.6 is 0 Å². The normalized spacial score (nSPS) is 18.9. The molecular formula is C26H32N2O3. The number of carbonyl (C=O) groups is 2. The number of carbonyl (C=O) groups excluding carboxylic acids is 2. The summed E-state index contributed by atoms with van der Waals surface area (Å²) in [5.74, 6) is 1.13. The lowest BCUT2D eigenvalue weighted by Gasteiger charge is -2.27. The number of hydrogen-bond acceptors (Lipinski definition) is 3. The van der Waals surface area contributed by atoms with Gasteiger partial charge in [0.2, 0.25) is 11.8 Å². The molecule has 2 bridgehead atoms. The Hall–Kier alpha value is -2.82. The van der Waals surface area contributed by atoms with Crippen molar-refractivity contribution in [1.82, 2.24) is 9.80 Å². The Bertz CT molecular complexity index is 908. The summed E-state index contributed by atoms with van der Waals surface area (Å²) in [5, 5.41) is 0. The van der Waals surface area contributed by atoms with Gasteiger partial charge in [0.25, 0.3) is 0 Å². The van der Waals surface area contributed by atoms with Crippen LogP contribution < -0.4 is 4.74 Å². The van der Waals surface area contributed by atoms with E-state index in [1.54, 1.807) is 0 Å². The van der Waals surface area contributed by atoms with Gasteiger partial charge in [0, 0.05) is 33.1 Å². The highest BCUT2D eigenvalue weighted by atomic mass is 16.5. The summed E-state index contributed by atoms with van der Waals surface area (Å²) in [7, 11) is 1.89. The van der Waals surface area contributed by atoms with Crippen molar-refractivity contribution in [2.45, 2.75) is 45.1 Å². The van der Waals surface area contributed by atoms with Crippen molar-refractivity contribution in [3.8, 4) is 5.75 Å². The zero-order chi connectivity index (χ0) is 21.7. The number of nitrogens with zero attached hydrogens (tertiary/aromatic N) is 2. The smallest absolute Gasteiger partial charge is 0.231 e. The molecule has 1 spiro atoms. The molecule has 0 N–H and O–H groups in total. The highest BCUT2D eigenvalue weighted by molar-refractivity contribution is 5.85. The van der Waals surface area contributed by atoms with E-state index in [4.69, 9.17) is 4.74 Å². The predicted molar refractivity (Wildman–Crippen MR) is 121 cm³/mol. The summed E-state index contributed by atoms with van der Waals surface area (Å²) < 4.78 is 6.04. The molecule has 4 rings (SSSR count). The molecule has 1 saturated carbocycles. The van der Waals surface area contributed by atoms with E-state index in [1.807, 2.05) is 59.3 Å². The number of ether oxygens (including phenoxy) is 1. The van der Waals surface area contributed by atoms with Crippen molar-refractivity contribution in [3.05, 3.63) is 65.7 Å². The van der Waals surface area contributed by atoms with Crippen LogP contribution in [-0.2, 0) is 22.6 Å². The van der Waals surface area contributed by atoms with Crippen LogP contribution in [0.4, 0.5) is 0 Å². The summed E-state index contributed by atoms with van der Waals surface area (Å²) in [6.07, 6.45) is 4.83. The van der Waals surface area contributed by atoms with E-state index in [-0.39, 0.29) is 17.2 Å². The SMILES string of the molecule is CN1CCCCN(C(=O)CCc2ccccc2)Cc2cccc(c2)OCC2(CC2)C1=O. The molecule has 0 unspecified atom stereocenters. The molecule has 1 aliphatic heterocycles. The van der Waals surface area contributed by atoms with Crippen LogP contribution in [0.25, 0.3) is 0 Å². The minimum absolute atomic E-state index is 0.170. The number of hydrogen-bond donors (Lipinski definition) is 0. The van der Waals surface area contributed by atoms with Gasteiger partial charge in [-0.25, -0.2) is 0 Å². The van der Waals surface area contributed by atoms with E-state index in [0.717, 1.165) is 50.0 Å². The molecule has 0 saturated heterocycles. The quantitative estimate of drug-likeness (QED) is 0.752. The molecule has 164 valence electrons. The standard InChI is InChI=1S/C26H32N2O3/c1-27-16-5-6-17-28(24(29)13-12-21-8-3-2-4-9-21)19-22-10-7-11-23(18-22)31-20-26(14-15-26)25(27)30/h2-4,7-11,18H,5-6,12-17,19-20H2,1H3. The van der Waals surface area contributed by atoms with Crippen molar-refractivity contribution >= 4 is 11.8 Å². The lowest BCUT2D eigenvalue weighted by Crippen LogP contribution is -2.38. The van der Waals surface area contributed by atoms with Crippen LogP contribution in [0.5, 0.6) is 5.75 Å². The van der Waals surface area contributed by atoms with E-state index >= 15 is 0 Å². The Morgan fingerprint density at radius 2 is 1.81 bits per heavy atom. The van der Waals surface area contributed by atoms with Crippen molar-refractivity contribution in [3.63, 3.8) is 0 Å². The molecule has 0 radical (unpaired) electrons. The van der Waals surface area contributed by atoms with Crippen LogP contribution in [0.3, 0.4) is 0 Å². The van der Waals surface area contributed by atoms with Crippen LogP contribution in [0.2, 0.25) is 0 Å². The summed E-state index contributed by atoms with van der Waals surface area (Å²) in [4.78, 5) is 29.7. The second-order valence-electron chi connectivity index (χ2n) is 8.95. The summed E-state index contributed by atoms with van der Waals surface area (Å²) >= 11 is 0. The minimum atomic E-state index is -0.339. The van der Waals surface area contributed by atoms with E-state index < -0.39 is 0 Å². The molecule has 0 aromatic heterocycles. The third kappa shape index (κ3) is 5.46. The van der Waals surface area contributed by atoms with Gasteiger partial charge >= 0.3 is 0 Å². The average Bonchev–Trinajstić information content (AvgIpc) is 3.59. The fourth-order valence-corrected chi connectivity index (χ4v) is 4.25. The predicted octanol–water partition coefficient (Wildman–Crippen LogP) is 4.06. The summed E-state index contributed by atoms with van der Waals surface area (Å²) in [5.41, 5.74) is 1.91. The molecule has 1 aliphatic carbocycles. The van der Waals surface area contributed by atoms with Gasteiger partial charge in [0.1, 0.15) is 12.4 Å². The molecule has 5 heteroatoms. The van der Waals surface area contributed by atoms with Gasteiger partial charge in [-0.2, -0.15) is 0 Å². The first-order valence-corrected chi connectivity index (χ1v) is 11.3. The third-order valence-corrected chi connectivity index (χ3v) is 6.44. The Labute approximate surface area is 185 Å². The number of benzene rings is 2. The fourth-order valence-electron chi connectivity index (χ4n) is 4.25. The molecule has 2 aromatic carbocycles. The molecule has 2 aliphatic rings. The summed E-state index contributed by atoms with van der Waals surface area (Å²) in [6.45, 7) is 2.44. The lowest BCUT2D eigenvalue weighted by molar-refractivity contribution is -0.137. The molecule has 1 fully saturated rings. The monoisotopic (exact) mass is 420 g/mol. The van der Waals surface area contributed by atoms with Crippen molar-refractivity contribution in [2.75, 3.05) is 26.7 Å². The van der Waals surface area contributed by atoms with Gasteiger partial charge in [0.15, 0.2) is 0 Å². The van der Waals surface area contributed by atoms with E-state index in [1.165, 1.54) is 5.56 Å². The highest BCUT2D eigenvalue weighted by Crippen LogP contribution is 2.47. The maximum atomic E-state index is 13.0. The highest BCUT2D eigenvalue weighted by Gasteiger charge is 2.52. The van der Waals surface area contributed by atoms with Gasteiger partial charge in [-0.05, 0) is 55.4 Å². The molecule has 0 atom stereocenters. The number of amides is 2. The summed E-state index contributed by atoms with van der Waals surface area (Å²) in [6, 6.07) is 18.1. The largest absolute Gasteiger partial charge is 0.492 e. The zero-order valence-corrected chi connectivity index (χ0v) is 18.4. The second kappa shape index (κ2) is 9.54. The number of aryl methyl sites for hydroxylation is 1. The first-order valence-electron chi connectivity index (χ1n) is 11.3. The lowest BCUT2D eigenvalue weighted by atomic mass is 10.1. The van der Waals surface area contributed by atoms with Crippen LogP contribution in [-0.4, -0.2) is 48.4 Å². The molecular weight excluding hydrogens is 388 g/mol. The maximum absolute atomic E-state index is 13.0. The molecule has 5 nitrogen and oxygen atoms in total. The molecule has 1 heterocycles. The Morgan fingerprint density at radius 3 is 2.58 bits per heavy atom. The van der Waals surface area contributed by atoms with Crippen LogP contribution in [0.15, 0.2) is 54.6 Å². The minimum Gasteiger partial charge on any atom is -0.492 e.